The van der Waals surface area contributed by atoms with E-state index in [1.165, 1.54) is 16.7 Å². The van der Waals surface area contributed by atoms with Crippen molar-refractivity contribution >= 4 is 96.7 Å². The summed E-state index contributed by atoms with van der Waals surface area (Å²) in [5.41, 5.74) is 4.18. The molecule has 1 saturated heterocycles. The SMILES string of the molecule is Cc1cc(Br)c(NC(=O)COc2ccc(/C=C3\SC(=S)N(c4ccc(Cl)cc4Cl)C3=O)cc2)cc1C. The highest BCUT2D eigenvalue weighted by atomic mass is 79.9. The Balaban J connectivity index is 1.39. The normalized spacial score (nSPS) is 14.5. The van der Waals surface area contributed by atoms with E-state index in [2.05, 4.69) is 21.2 Å². The standard InChI is InChI=1S/C26H19BrCl2N2O3S2/c1-14-9-19(27)21(10-15(14)2)30-24(32)13-34-18-6-3-16(4-7-18)11-23-25(33)31(26(35)36-23)22-8-5-17(28)12-20(22)29/h3-12H,13H2,1-2H3,(H,30,32)/b23-11-. The maximum Gasteiger partial charge on any atom is 0.270 e. The molecule has 0 aromatic heterocycles. The Kier molecular flexibility index (Phi) is 8.42. The average Bonchev–Trinajstić information content (AvgIpc) is 3.10. The van der Waals surface area contributed by atoms with E-state index >= 15 is 0 Å². The molecule has 0 saturated carbocycles. The number of nitrogens with one attached hydrogen (secondary N) is 1. The van der Waals surface area contributed by atoms with E-state index < -0.39 is 0 Å². The second kappa shape index (κ2) is 11.4. The molecule has 10 heteroatoms. The Bertz CT molecular complexity index is 1410. The minimum Gasteiger partial charge on any atom is -0.484 e. The molecule has 1 aliphatic rings. The lowest BCUT2D eigenvalue weighted by molar-refractivity contribution is -0.118. The van der Waals surface area contributed by atoms with Crippen molar-refractivity contribution in [3.05, 3.63) is 90.7 Å². The molecule has 2 amide bonds. The van der Waals surface area contributed by atoms with Gasteiger partial charge >= 0.3 is 0 Å². The number of hydrogen-bond donors (Lipinski definition) is 1. The molecule has 0 spiro atoms. The lowest BCUT2D eigenvalue weighted by Gasteiger charge is -2.16. The summed E-state index contributed by atoms with van der Waals surface area (Å²) in [5.74, 6) is -0.00163. The van der Waals surface area contributed by atoms with Crippen LogP contribution in [0.15, 0.2) is 64.0 Å². The zero-order valence-corrected chi connectivity index (χ0v) is 23.8. The quantitative estimate of drug-likeness (QED) is 0.225. The van der Waals surface area contributed by atoms with Gasteiger partial charge in [-0.25, -0.2) is 0 Å². The zero-order valence-electron chi connectivity index (χ0n) is 19.1. The number of nitrogens with zero attached hydrogens (tertiary/aromatic N) is 1. The van der Waals surface area contributed by atoms with Crippen LogP contribution in [-0.2, 0) is 9.59 Å². The summed E-state index contributed by atoms with van der Waals surface area (Å²) in [5, 5.41) is 3.67. The van der Waals surface area contributed by atoms with Crippen LogP contribution in [0.25, 0.3) is 6.08 Å². The van der Waals surface area contributed by atoms with Gasteiger partial charge in [-0.2, -0.15) is 0 Å². The number of carbonyl (C=O) groups is 2. The number of hydrogen-bond acceptors (Lipinski definition) is 5. The summed E-state index contributed by atoms with van der Waals surface area (Å²) in [7, 11) is 0. The van der Waals surface area contributed by atoms with E-state index in [1.807, 2.05) is 26.0 Å². The highest BCUT2D eigenvalue weighted by Gasteiger charge is 2.34. The van der Waals surface area contributed by atoms with Crippen molar-refractivity contribution in [2.24, 2.45) is 0 Å². The highest BCUT2D eigenvalue weighted by molar-refractivity contribution is 9.10. The third-order valence-electron chi connectivity index (χ3n) is 5.35. The third kappa shape index (κ3) is 6.12. The van der Waals surface area contributed by atoms with Crippen LogP contribution in [0, 0.1) is 13.8 Å². The summed E-state index contributed by atoms with van der Waals surface area (Å²) >= 11 is 22.3. The Morgan fingerprint density at radius 3 is 2.50 bits per heavy atom. The fraction of sp³-hybridized carbons (Fsp3) is 0.115. The van der Waals surface area contributed by atoms with Crippen molar-refractivity contribution in [2.45, 2.75) is 13.8 Å². The number of benzene rings is 3. The van der Waals surface area contributed by atoms with Crippen molar-refractivity contribution in [3.8, 4) is 5.75 Å². The number of ether oxygens (including phenoxy) is 1. The summed E-state index contributed by atoms with van der Waals surface area (Å²) in [6.45, 7) is 3.86. The third-order valence-corrected chi connectivity index (χ3v) is 7.85. The number of halogens is 3. The Labute approximate surface area is 236 Å². The number of amides is 2. The highest BCUT2D eigenvalue weighted by Crippen LogP contribution is 2.39. The van der Waals surface area contributed by atoms with Crippen molar-refractivity contribution in [3.63, 3.8) is 0 Å². The number of anilines is 2. The largest absolute Gasteiger partial charge is 0.484 e. The Morgan fingerprint density at radius 1 is 1.11 bits per heavy atom. The molecule has 3 aromatic rings. The second-order valence-electron chi connectivity index (χ2n) is 7.94. The van der Waals surface area contributed by atoms with Crippen molar-refractivity contribution in [1.82, 2.24) is 0 Å². The molecule has 1 aliphatic heterocycles. The van der Waals surface area contributed by atoms with Crippen LogP contribution in [0.2, 0.25) is 10.0 Å². The Hall–Kier alpha value is -2.36. The maximum atomic E-state index is 13.0. The van der Waals surface area contributed by atoms with E-state index in [-0.39, 0.29) is 18.4 Å². The molecule has 5 nitrogen and oxygen atoms in total. The van der Waals surface area contributed by atoms with Crippen LogP contribution in [0.4, 0.5) is 11.4 Å². The zero-order chi connectivity index (χ0) is 26.0. The van der Waals surface area contributed by atoms with Crippen LogP contribution < -0.4 is 15.0 Å². The summed E-state index contributed by atoms with van der Waals surface area (Å²) < 4.78 is 6.82. The van der Waals surface area contributed by atoms with E-state index in [0.29, 0.717) is 36.4 Å². The molecule has 36 heavy (non-hydrogen) atoms. The van der Waals surface area contributed by atoms with Gasteiger partial charge in [-0.15, -0.1) is 0 Å². The molecule has 0 bridgehead atoms. The van der Waals surface area contributed by atoms with Crippen molar-refractivity contribution in [2.75, 3.05) is 16.8 Å². The van der Waals surface area contributed by atoms with Crippen LogP contribution >= 0.6 is 63.1 Å². The van der Waals surface area contributed by atoms with E-state index in [9.17, 15) is 9.59 Å². The van der Waals surface area contributed by atoms with Crippen molar-refractivity contribution < 1.29 is 14.3 Å². The summed E-state index contributed by atoms with van der Waals surface area (Å²) in [4.78, 5) is 27.2. The molecule has 0 radical (unpaired) electrons. The summed E-state index contributed by atoms with van der Waals surface area (Å²) in [6, 6.07) is 15.8. The predicted octanol–water partition coefficient (Wildman–Crippen LogP) is 7.80. The molecule has 184 valence electrons. The number of rotatable bonds is 6. The number of thioether (sulfide) groups is 1. The van der Waals surface area contributed by atoms with Gasteiger partial charge in [0.1, 0.15) is 5.75 Å². The van der Waals surface area contributed by atoms with Gasteiger partial charge in [-0.05, 0) is 95.0 Å². The number of carbonyl (C=O) groups excluding carboxylic acids is 2. The van der Waals surface area contributed by atoms with Gasteiger partial charge in [0.05, 0.1) is 21.3 Å². The molecule has 0 atom stereocenters. The van der Waals surface area contributed by atoms with Gasteiger partial charge in [-0.1, -0.05) is 59.3 Å². The lowest BCUT2D eigenvalue weighted by Crippen LogP contribution is -2.27. The molecular formula is C26H19BrCl2N2O3S2. The van der Waals surface area contributed by atoms with Crippen LogP contribution in [0.5, 0.6) is 5.75 Å². The molecule has 3 aromatic carbocycles. The van der Waals surface area contributed by atoms with E-state index in [0.717, 1.165) is 21.2 Å². The fourth-order valence-corrected chi connectivity index (χ4v) is 5.70. The topological polar surface area (TPSA) is 58.6 Å². The molecule has 4 rings (SSSR count). The summed E-state index contributed by atoms with van der Waals surface area (Å²) in [6.07, 6.45) is 1.75. The first-order valence-corrected chi connectivity index (χ1v) is 13.4. The smallest absolute Gasteiger partial charge is 0.270 e. The van der Waals surface area contributed by atoms with E-state index in [4.69, 9.17) is 40.2 Å². The Morgan fingerprint density at radius 2 is 1.81 bits per heavy atom. The minimum absolute atomic E-state index is 0.140. The molecule has 1 N–H and O–H groups in total. The fourth-order valence-electron chi connectivity index (χ4n) is 3.36. The molecule has 1 heterocycles. The van der Waals surface area contributed by atoms with Gasteiger partial charge < -0.3 is 10.1 Å². The second-order valence-corrected chi connectivity index (χ2v) is 11.3. The van der Waals surface area contributed by atoms with Gasteiger partial charge in [0.15, 0.2) is 10.9 Å². The van der Waals surface area contributed by atoms with Gasteiger partial charge in [0.25, 0.3) is 11.8 Å². The first kappa shape index (κ1) is 26.7. The van der Waals surface area contributed by atoms with Crippen LogP contribution in [-0.4, -0.2) is 22.7 Å². The lowest BCUT2D eigenvalue weighted by atomic mass is 10.1. The maximum absolute atomic E-state index is 13.0. The predicted molar refractivity (Wildman–Crippen MR) is 156 cm³/mol. The van der Waals surface area contributed by atoms with Crippen LogP contribution in [0.3, 0.4) is 0 Å². The van der Waals surface area contributed by atoms with Crippen LogP contribution in [0.1, 0.15) is 16.7 Å². The monoisotopic (exact) mass is 620 g/mol. The van der Waals surface area contributed by atoms with Gasteiger partial charge in [-0.3, -0.25) is 14.5 Å². The first-order chi connectivity index (χ1) is 17.1. The van der Waals surface area contributed by atoms with E-state index in [1.54, 1.807) is 48.5 Å². The molecular weight excluding hydrogens is 603 g/mol. The van der Waals surface area contributed by atoms with Gasteiger partial charge in [0.2, 0.25) is 0 Å². The molecule has 0 unspecified atom stereocenters. The number of thiocarbonyl (C=S) groups is 1. The van der Waals surface area contributed by atoms with Gasteiger partial charge in [0, 0.05) is 9.50 Å². The first-order valence-electron chi connectivity index (χ1n) is 10.6. The van der Waals surface area contributed by atoms with Crippen molar-refractivity contribution in [1.29, 1.82) is 0 Å². The number of aryl methyl sites for hydroxylation is 2. The average molecular weight is 622 g/mol. The minimum atomic E-state index is -0.271. The molecule has 0 aliphatic carbocycles. The molecule has 1 fully saturated rings.